The van der Waals surface area contributed by atoms with E-state index in [-0.39, 0.29) is 24.3 Å². The van der Waals surface area contributed by atoms with Gasteiger partial charge in [0.15, 0.2) is 0 Å². The van der Waals surface area contributed by atoms with Crippen LogP contribution in [0.4, 0.5) is 4.79 Å². The van der Waals surface area contributed by atoms with Crippen LogP contribution in [0.1, 0.15) is 49.2 Å². The molecular weight excluding hydrogens is 340 g/mol. The molecule has 0 aromatic carbocycles. The van der Waals surface area contributed by atoms with Crippen LogP contribution in [0.15, 0.2) is 17.1 Å². The molecular formula is C18H22N2O6. The molecule has 0 radical (unpaired) electrons. The molecule has 8 nitrogen and oxygen atoms in total. The predicted molar refractivity (Wildman–Crippen MR) is 90.0 cm³/mol. The van der Waals surface area contributed by atoms with Crippen LogP contribution in [0.5, 0.6) is 0 Å². The van der Waals surface area contributed by atoms with Crippen LogP contribution in [-0.4, -0.2) is 52.4 Å². The van der Waals surface area contributed by atoms with Crippen molar-refractivity contribution in [3.05, 3.63) is 33.7 Å². The number of nitrogens with zero attached hydrogens (tertiary/aromatic N) is 2. The Labute approximate surface area is 150 Å². The van der Waals surface area contributed by atoms with Crippen LogP contribution >= 0.6 is 0 Å². The summed E-state index contributed by atoms with van der Waals surface area (Å²) in [6.45, 7) is 6.83. The molecule has 1 aromatic rings. The number of rotatable bonds is 1. The molecule has 4 rings (SSSR count). The third kappa shape index (κ3) is 2.78. The Bertz CT molecular complexity index is 831. The number of carbonyl (C=O) groups excluding carboxylic acids is 2. The lowest BCUT2D eigenvalue weighted by molar-refractivity contribution is -0.109. The van der Waals surface area contributed by atoms with E-state index < -0.39 is 17.2 Å². The van der Waals surface area contributed by atoms with Crippen LogP contribution < -0.4 is 5.56 Å². The number of fused-ring (bicyclic) bond motifs is 1. The van der Waals surface area contributed by atoms with Gasteiger partial charge in [-0.1, -0.05) is 0 Å². The number of cyclic esters (lactones) is 1. The van der Waals surface area contributed by atoms with Crippen LogP contribution in [0.3, 0.4) is 0 Å². The second kappa shape index (κ2) is 5.57. The number of hydrogen-bond acceptors (Lipinski definition) is 6. The highest BCUT2D eigenvalue weighted by Crippen LogP contribution is 2.40. The van der Waals surface area contributed by atoms with Crippen molar-refractivity contribution < 1.29 is 23.8 Å². The molecule has 0 N–H and O–H groups in total. The standard InChI is InChI=1S/C18H22N2O6/c1-17(2,3)26-16(23)19-9-18(10-19)6-11(7-25-18)20-5-4-12-13(14(20)21)8-24-15(12)22/h4-5,11H,6-10H2,1-3H3/t11-/m0/s1. The lowest BCUT2D eigenvalue weighted by Gasteiger charge is -2.46. The Balaban J connectivity index is 1.44. The third-order valence-corrected chi connectivity index (χ3v) is 4.98. The second-order valence-electron chi connectivity index (χ2n) is 8.18. The van der Waals surface area contributed by atoms with Gasteiger partial charge in [0.05, 0.1) is 36.9 Å². The first-order valence-electron chi connectivity index (χ1n) is 8.71. The van der Waals surface area contributed by atoms with Gasteiger partial charge in [0.1, 0.15) is 17.8 Å². The fourth-order valence-electron chi connectivity index (χ4n) is 3.75. The highest BCUT2D eigenvalue weighted by atomic mass is 16.6. The van der Waals surface area contributed by atoms with Crippen molar-refractivity contribution in [3.63, 3.8) is 0 Å². The molecule has 1 spiro atoms. The van der Waals surface area contributed by atoms with Gasteiger partial charge < -0.3 is 23.7 Å². The predicted octanol–water partition coefficient (Wildman–Crippen LogP) is 1.47. The van der Waals surface area contributed by atoms with Crippen molar-refractivity contribution in [1.82, 2.24) is 9.47 Å². The number of ether oxygens (including phenoxy) is 3. The van der Waals surface area contributed by atoms with E-state index in [2.05, 4.69) is 0 Å². The van der Waals surface area contributed by atoms with Gasteiger partial charge in [-0.2, -0.15) is 0 Å². The molecule has 0 saturated carbocycles. The fraction of sp³-hybridized carbons (Fsp3) is 0.611. The molecule has 2 saturated heterocycles. The first-order chi connectivity index (χ1) is 12.2. The molecule has 8 heteroatoms. The van der Waals surface area contributed by atoms with Gasteiger partial charge in [-0.25, -0.2) is 9.59 Å². The Kier molecular flexibility index (Phi) is 3.66. The van der Waals surface area contributed by atoms with Crippen LogP contribution in [0.2, 0.25) is 0 Å². The molecule has 3 aliphatic heterocycles. The lowest BCUT2D eigenvalue weighted by atomic mass is 9.89. The summed E-state index contributed by atoms with van der Waals surface area (Å²) < 4.78 is 17.9. The molecule has 2 fully saturated rings. The number of hydrogen-bond donors (Lipinski definition) is 0. The molecule has 3 aliphatic rings. The lowest BCUT2D eigenvalue weighted by Crippen LogP contribution is -2.63. The smallest absolute Gasteiger partial charge is 0.410 e. The van der Waals surface area contributed by atoms with E-state index in [1.54, 1.807) is 21.7 Å². The maximum atomic E-state index is 12.6. The monoisotopic (exact) mass is 362 g/mol. The Morgan fingerprint density at radius 2 is 2.04 bits per heavy atom. The quantitative estimate of drug-likeness (QED) is 0.703. The number of pyridine rings is 1. The average Bonchev–Trinajstić information content (AvgIpc) is 3.10. The van der Waals surface area contributed by atoms with Gasteiger partial charge in [0.25, 0.3) is 5.56 Å². The highest BCUT2D eigenvalue weighted by Gasteiger charge is 2.52. The number of likely N-dealkylation sites (tertiary alicyclic amines) is 1. The molecule has 0 aliphatic carbocycles. The minimum absolute atomic E-state index is 0.0268. The van der Waals surface area contributed by atoms with Gasteiger partial charge in [-0.3, -0.25) is 4.79 Å². The maximum Gasteiger partial charge on any atom is 0.410 e. The summed E-state index contributed by atoms with van der Waals surface area (Å²) in [4.78, 5) is 37.9. The van der Waals surface area contributed by atoms with Crippen LogP contribution in [-0.2, 0) is 20.8 Å². The summed E-state index contributed by atoms with van der Waals surface area (Å²) in [6, 6.07) is 1.51. The number of carbonyl (C=O) groups is 2. The molecule has 1 aromatic heterocycles. The van der Waals surface area contributed by atoms with Gasteiger partial charge in [-0.15, -0.1) is 0 Å². The summed E-state index contributed by atoms with van der Waals surface area (Å²) in [5, 5.41) is 0. The van der Waals surface area contributed by atoms with E-state index in [9.17, 15) is 14.4 Å². The van der Waals surface area contributed by atoms with Crippen molar-refractivity contribution in [3.8, 4) is 0 Å². The van der Waals surface area contributed by atoms with Gasteiger partial charge in [0.2, 0.25) is 0 Å². The molecule has 0 unspecified atom stereocenters. The largest absolute Gasteiger partial charge is 0.457 e. The Hall–Kier alpha value is -2.35. The van der Waals surface area contributed by atoms with Gasteiger partial charge in [-0.05, 0) is 26.8 Å². The maximum absolute atomic E-state index is 12.6. The van der Waals surface area contributed by atoms with Gasteiger partial charge in [0, 0.05) is 12.6 Å². The van der Waals surface area contributed by atoms with Crippen molar-refractivity contribution in [1.29, 1.82) is 0 Å². The minimum Gasteiger partial charge on any atom is -0.457 e. The zero-order valence-electron chi connectivity index (χ0n) is 15.1. The second-order valence-corrected chi connectivity index (χ2v) is 8.18. The van der Waals surface area contributed by atoms with E-state index in [0.717, 1.165) is 0 Å². The molecule has 140 valence electrons. The SMILES string of the molecule is CC(C)(C)OC(=O)N1CC2(C[C@H](n3ccc4c(c3=O)COC4=O)CO2)C1. The van der Waals surface area contributed by atoms with Crippen molar-refractivity contribution in [2.45, 2.75) is 51.0 Å². The van der Waals surface area contributed by atoms with E-state index in [4.69, 9.17) is 14.2 Å². The van der Waals surface area contributed by atoms with E-state index in [1.165, 1.54) is 0 Å². The van der Waals surface area contributed by atoms with E-state index in [1.807, 2.05) is 20.8 Å². The first kappa shape index (κ1) is 17.1. The average molecular weight is 362 g/mol. The first-order valence-corrected chi connectivity index (χ1v) is 8.71. The minimum atomic E-state index is -0.532. The van der Waals surface area contributed by atoms with Crippen molar-refractivity contribution in [2.75, 3.05) is 19.7 Å². The molecule has 0 bridgehead atoms. The van der Waals surface area contributed by atoms with Gasteiger partial charge >= 0.3 is 12.1 Å². The third-order valence-electron chi connectivity index (χ3n) is 4.98. The van der Waals surface area contributed by atoms with Crippen LogP contribution in [0.25, 0.3) is 0 Å². The van der Waals surface area contributed by atoms with Crippen molar-refractivity contribution in [2.24, 2.45) is 0 Å². The Morgan fingerprint density at radius 1 is 1.31 bits per heavy atom. The summed E-state index contributed by atoms with van der Waals surface area (Å²) in [5.41, 5.74) is -0.410. The van der Waals surface area contributed by atoms with E-state index >= 15 is 0 Å². The molecule has 26 heavy (non-hydrogen) atoms. The van der Waals surface area contributed by atoms with Crippen LogP contribution in [0, 0.1) is 0 Å². The number of esters is 1. The molecule has 4 heterocycles. The molecule has 1 amide bonds. The number of aromatic nitrogens is 1. The molecule has 1 atom stereocenters. The van der Waals surface area contributed by atoms with Crippen molar-refractivity contribution >= 4 is 12.1 Å². The summed E-state index contributed by atoms with van der Waals surface area (Å²) in [6.07, 6.45) is 1.92. The van der Waals surface area contributed by atoms with E-state index in [0.29, 0.717) is 37.2 Å². The number of amides is 1. The highest BCUT2D eigenvalue weighted by molar-refractivity contribution is 5.93. The normalized spacial score (nSPS) is 23.6. The topological polar surface area (TPSA) is 87.1 Å². The zero-order valence-corrected chi connectivity index (χ0v) is 15.1. The summed E-state index contributed by atoms with van der Waals surface area (Å²) in [7, 11) is 0. The zero-order chi connectivity index (χ0) is 18.7. The summed E-state index contributed by atoms with van der Waals surface area (Å²) >= 11 is 0. The summed E-state index contributed by atoms with van der Waals surface area (Å²) in [5.74, 6) is -0.449. The Morgan fingerprint density at radius 3 is 2.73 bits per heavy atom. The fourth-order valence-corrected chi connectivity index (χ4v) is 3.75.